The average molecular weight is 464 g/mol. The fraction of sp³-hybridized carbons (Fsp3) is 0.240. The van der Waals surface area contributed by atoms with Gasteiger partial charge in [0.05, 0.1) is 24.8 Å². The Labute approximate surface area is 196 Å². The maximum absolute atomic E-state index is 13.1. The van der Waals surface area contributed by atoms with Crippen molar-refractivity contribution in [3.63, 3.8) is 0 Å². The molecule has 1 aliphatic carbocycles. The lowest BCUT2D eigenvalue weighted by Gasteiger charge is -2.10. The lowest BCUT2D eigenvalue weighted by Crippen LogP contribution is -2.28. The Morgan fingerprint density at radius 2 is 1.73 bits per heavy atom. The van der Waals surface area contributed by atoms with Crippen molar-refractivity contribution in [3.05, 3.63) is 81.7 Å². The summed E-state index contributed by atoms with van der Waals surface area (Å²) in [6, 6.07) is 16.4. The number of thiophene rings is 1. The third kappa shape index (κ3) is 5.47. The Morgan fingerprint density at radius 1 is 0.970 bits per heavy atom. The van der Waals surface area contributed by atoms with Crippen LogP contribution in [0.3, 0.4) is 0 Å². The summed E-state index contributed by atoms with van der Waals surface area (Å²) in [4.78, 5) is 38.5. The minimum absolute atomic E-state index is 0.146. The number of ether oxygens (including phenoxy) is 1. The van der Waals surface area contributed by atoms with Crippen LogP contribution in [0.2, 0.25) is 0 Å². The zero-order valence-corrected chi connectivity index (χ0v) is 19.1. The molecular weight excluding hydrogens is 438 g/mol. The quantitative estimate of drug-likeness (QED) is 0.439. The van der Waals surface area contributed by atoms with Gasteiger partial charge in [-0.25, -0.2) is 4.79 Å². The first-order valence-corrected chi connectivity index (χ1v) is 11.6. The van der Waals surface area contributed by atoms with Crippen molar-refractivity contribution in [1.82, 2.24) is 5.32 Å². The van der Waals surface area contributed by atoms with Crippen LogP contribution in [0.15, 0.2) is 54.6 Å². The van der Waals surface area contributed by atoms with Crippen molar-refractivity contribution in [1.29, 1.82) is 0 Å². The van der Waals surface area contributed by atoms with Gasteiger partial charge in [-0.05, 0) is 54.7 Å². The first-order chi connectivity index (χ1) is 16.0. The minimum Gasteiger partial charge on any atom is -0.465 e. The topological polar surface area (TPSA) is 96.5 Å². The molecule has 33 heavy (non-hydrogen) atoms. The number of hydrogen-bond acceptors (Lipinski definition) is 6. The molecule has 0 radical (unpaired) electrons. The van der Waals surface area contributed by atoms with Gasteiger partial charge < -0.3 is 20.7 Å². The second-order valence-corrected chi connectivity index (χ2v) is 8.83. The molecule has 1 aliphatic rings. The van der Waals surface area contributed by atoms with E-state index in [0.717, 1.165) is 35.3 Å². The minimum atomic E-state index is -0.436. The third-order valence-electron chi connectivity index (χ3n) is 5.42. The van der Waals surface area contributed by atoms with Crippen molar-refractivity contribution in [2.24, 2.45) is 0 Å². The maximum atomic E-state index is 13.1. The van der Waals surface area contributed by atoms with Gasteiger partial charge in [-0.2, -0.15) is 0 Å². The van der Waals surface area contributed by atoms with Gasteiger partial charge in [-0.3, -0.25) is 9.59 Å². The molecule has 2 amide bonds. The molecule has 170 valence electrons. The van der Waals surface area contributed by atoms with E-state index in [-0.39, 0.29) is 18.4 Å². The lowest BCUT2D eigenvalue weighted by molar-refractivity contribution is -0.115. The van der Waals surface area contributed by atoms with Gasteiger partial charge in [-0.15, -0.1) is 11.3 Å². The number of rotatable bonds is 8. The summed E-state index contributed by atoms with van der Waals surface area (Å²) >= 11 is 1.47. The Bertz CT molecular complexity index is 1160. The maximum Gasteiger partial charge on any atom is 0.337 e. The van der Waals surface area contributed by atoms with E-state index in [4.69, 9.17) is 4.74 Å². The van der Waals surface area contributed by atoms with Crippen molar-refractivity contribution >= 4 is 39.8 Å². The van der Waals surface area contributed by atoms with Crippen LogP contribution in [0.25, 0.3) is 0 Å². The molecule has 3 N–H and O–H groups in total. The number of fused-ring (bicyclic) bond motifs is 1. The van der Waals surface area contributed by atoms with Gasteiger partial charge in [0.2, 0.25) is 5.91 Å². The Morgan fingerprint density at radius 3 is 2.45 bits per heavy atom. The number of carbonyl (C=O) groups excluding carboxylic acids is 3. The summed E-state index contributed by atoms with van der Waals surface area (Å²) < 4.78 is 4.70. The van der Waals surface area contributed by atoms with Crippen LogP contribution in [0.5, 0.6) is 0 Å². The van der Waals surface area contributed by atoms with Crippen molar-refractivity contribution in [2.75, 3.05) is 24.3 Å². The summed E-state index contributed by atoms with van der Waals surface area (Å²) in [6.45, 7) is 0.734. The summed E-state index contributed by atoms with van der Waals surface area (Å²) in [5.41, 5.74) is 3.60. The molecule has 1 heterocycles. The van der Waals surface area contributed by atoms with Crippen LogP contribution in [-0.4, -0.2) is 31.4 Å². The second kappa shape index (κ2) is 10.4. The first kappa shape index (κ1) is 22.7. The number of amides is 2. The fourth-order valence-electron chi connectivity index (χ4n) is 3.82. The predicted octanol–water partition coefficient (Wildman–Crippen LogP) is 4.00. The molecule has 0 atom stereocenters. The lowest BCUT2D eigenvalue weighted by atomic mass is 10.1. The summed E-state index contributed by atoms with van der Waals surface area (Å²) in [5, 5.41) is 9.52. The summed E-state index contributed by atoms with van der Waals surface area (Å²) in [5.74, 6) is -0.899. The molecule has 1 aromatic heterocycles. The molecule has 0 bridgehead atoms. The van der Waals surface area contributed by atoms with Crippen LogP contribution in [0, 0.1) is 0 Å². The number of esters is 1. The highest BCUT2D eigenvalue weighted by atomic mass is 32.1. The molecule has 0 fully saturated rings. The average Bonchev–Trinajstić information content (AvgIpc) is 3.40. The monoisotopic (exact) mass is 463 g/mol. The number of benzene rings is 2. The van der Waals surface area contributed by atoms with Gasteiger partial charge in [0, 0.05) is 17.1 Å². The zero-order chi connectivity index (χ0) is 23.2. The SMILES string of the molecule is COC(=O)c1ccc(NC(=O)c2c(NC(=O)CNCc3ccccc3)sc3c2CCC3)cc1. The van der Waals surface area contributed by atoms with E-state index >= 15 is 0 Å². The van der Waals surface area contributed by atoms with Gasteiger partial charge in [0.1, 0.15) is 5.00 Å². The van der Waals surface area contributed by atoms with E-state index in [1.807, 2.05) is 30.3 Å². The molecule has 0 saturated carbocycles. The Balaban J connectivity index is 1.43. The van der Waals surface area contributed by atoms with Crippen LogP contribution in [0.4, 0.5) is 10.7 Å². The molecule has 0 unspecified atom stereocenters. The van der Waals surface area contributed by atoms with Crippen LogP contribution >= 0.6 is 11.3 Å². The van der Waals surface area contributed by atoms with E-state index in [1.165, 1.54) is 18.4 Å². The molecule has 7 nitrogen and oxygen atoms in total. The van der Waals surface area contributed by atoms with Crippen LogP contribution in [-0.2, 0) is 28.9 Å². The molecule has 2 aromatic carbocycles. The number of hydrogen-bond donors (Lipinski definition) is 3. The molecular formula is C25H25N3O4S. The van der Waals surface area contributed by atoms with Gasteiger partial charge >= 0.3 is 5.97 Å². The largest absolute Gasteiger partial charge is 0.465 e. The van der Waals surface area contributed by atoms with E-state index in [9.17, 15) is 14.4 Å². The molecule has 0 saturated heterocycles. The molecule has 8 heteroatoms. The van der Waals surface area contributed by atoms with Crippen molar-refractivity contribution < 1.29 is 19.1 Å². The Hall–Kier alpha value is -3.49. The van der Waals surface area contributed by atoms with Crippen LogP contribution < -0.4 is 16.0 Å². The van der Waals surface area contributed by atoms with Gasteiger partial charge in [0.25, 0.3) is 5.91 Å². The van der Waals surface area contributed by atoms with Crippen LogP contribution in [0.1, 0.15) is 43.1 Å². The highest BCUT2D eigenvalue weighted by Crippen LogP contribution is 2.39. The number of anilines is 2. The van der Waals surface area contributed by atoms with Crippen molar-refractivity contribution in [2.45, 2.75) is 25.8 Å². The van der Waals surface area contributed by atoms with Gasteiger partial charge in [0.15, 0.2) is 0 Å². The number of methoxy groups -OCH3 is 1. The van der Waals surface area contributed by atoms with E-state index in [2.05, 4.69) is 16.0 Å². The van der Waals surface area contributed by atoms with E-state index in [0.29, 0.717) is 28.4 Å². The number of nitrogens with one attached hydrogen (secondary N) is 3. The number of aryl methyl sites for hydroxylation is 1. The smallest absolute Gasteiger partial charge is 0.337 e. The van der Waals surface area contributed by atoms with Gasteiger partial charge in [-0.1, -0.05) is 30.3 Å². The van der Waals surface area contributed by atoms with Crippen molar-refractivity contribution in [3.8, 4) is 0 Å². The standard InChI is InChI=1S/C25H25N3O4S/c1-32-25(31)17-10-12-18(13-11-17)27-23(30)22-19-8-5-9-20(19)33-24(22)28-21(29)15-26-14-16-6-3-2-4-7-16/h2-4,6-7,10-13,26H,5,8-9,14-15H2,1H3,(H,27,30)(H,28,29). The molecule has 0 aliphatic heterocycles. The normalized spacial score (nSPS) is 12.2. The molecule has 3 aromatic rings. The summed E-state index contributed by atoms with van der Waals surface area (Å²) in [7, 11) is 1.32. The first-order valence-electron chi connectivity index (χ1n) is 10.7. The van der Waals surface area contributed by atoms with E-state index in [1.54, 1.807) is 24.3 Å². The Kier molecular flexibility index (Phi) is 7.16. The predicted molar refractivity (Wildman–Crippen MR) is 129 cm³/mol. The number of carbonyl (C=O) groups is 3. The van der Waals surface area contributed by atoms with E-state index < -0.39 is 5.97 Å². The highest BCUT2D eigenvalue weighted by molar-refractivity contribution is 7.17. The summed E-state index contributed by atoms with van der Waals surface area (Å²) in [6.07, 6.45) is 2.73. The third-order valence-corrected chi connectivity index (χ3v) is 6.63. The zero-order valence-electron chi connectivity index (χ0n) is 18.3. The fourth-order valence-corrected chi connectivity index (χ4v) is 5.12. The highest BCUT2D eigenvalue weighted by Gasteiger charge is 2.27. The second-order valence-electron chi connectivity index (χ2n) is 7.72. The molecule has 0 spiro atoms. The molecule has 4 rings (SSSR count).